The van der Waals surface area contributed by atoms with Crippen LogP contribution in [0.2, 0.25) is 10.0 Å². The molecule has 0 nitrogen and oxygen atoms in total. The molecule has 0 unspecified atom stereocenters. The van der Waals surface area contributed by atoms with Crippen LogP contribution in [0.3, 0.4) is 0 Å². The molecule has 0 aliphatic heterocycles. The van der Waals surface area contributed by atoms with Gasteiger partial charge in [-0.25, -0.2) is 4.39 Å². The first-order chi connectivity index (χ1) is 7.89. The van der Waals surface area contributed by atoms with Gasteiger partial charge in [-0.15, -0.1) is 0 Å². The lowest BCUT2D eigenvalue weighted by Crippen LogP contribution is -2.50. The van der Waals surface area contributed by atoms with Crippen LogP contribution in [0.5, 0.6) is 0 Å². The summed E-state index contributed by atoms with van der Waals surface area (Å²) in [5.41, 5.74) is -7.23. The Morgan fingerprint density at radius 2 is 1.00 bits per heavy atom. The van der Waals surface area contributed by atoms with Gasteiger partial charge in [-0.05, 0) is 18.2 Å². The quantitative estimate of drug-likeness (QED) is 0.618. The maximum atomic E-state index is 13.5. The van der Waals surface area contributed by atoms with Gasteiger partial charge in [0.25, 0.3) is 0 Å². The van der Waals surface area contributed by atoms with E-state index in [-0.39, 0.29) is 12.1 Å². The minimum absolute atomic E-state index is 0.231. The minimum Gasteiger partial charge on any atom is -0.218 e. The van der Waals surface area contributed by atoms with E-state index in [1.54, 1.807) is 0 Å². The molecule has 1 rings (SSSR count). The lowest BCUT2D eigenvalue weighted by Gasteiger charge is -2.30. The maximum absolute atomic E-state index is 13.5. The van der Waals surface area contributed by atoms with Crippen molar-refractivity contribution in [1.82, 2.24) is 0 Å². The van der Waals surface area contributed by atoms with Crippen LogP contribution in [0, 0.1) is 0 Å². The predicted molar refractivity (Wildman–Crippen MR) is 51.4 cm³/mol. The van der Waals surface area contributed by atoms with Gasteiger partial charge in [0.1, 0.15) is 0 Å². The monoisotopic (exact) mass is 314 g/mol. The Labute approximate surface area is 106 Å². The summed E-state index contributed by atoms with van der Waals surface area (Å²) >= 11 is 10.5. The molecule has 1 aromatic rings. The highest BCUT2D eigenvalue weighted by Crippen LogP contribution is 2.53. The summed E-state index contributed by atoms with van der Waals surface area (Å²) in [6, 6.07) is 1.35. The zero-order valence-electron chi connectivity index (χ0n) is 8.13. The molecule has 1 aromatic carbocycles. The van der Waals surface area contributed by atoms with Crippen LogP contribution in [0.15, 0.2) is 18.2 Å². The first-order valence-corrected chi connectivity index (χ1v) is 4.94. The van der Waals surface area contributed by atoms with Crippen molar-refractivity contribution in [3.63, 3.8) is 0 Å². The Morgan fingerprint density at radius 1 is 0.667 bits per heavy atom. The average Bonchev–Trinajstić information content (AvgIpc) is 2.11. The van der Waals surface area contributed by atoms with Gasteiger partial charge in [0.2, 0.25) is 0 Å². The van der Waals surface area contributed by atoms with Gasteiger partial charge in [-0.3, -0.25) is 0 Å². The number of alkyl halides is 7. The normalized spacial score (nSPS) is 13.8. The Balaban J connectivity index is 3.55. The van der Waals surface area contributed by atoms with E-state index in [0.29, 0.717) is 0 Å². The van der Waals surface area contributed by atoms with Crippen LogP contribution in [-0.4, -0.2) is 12.4 Å². The number of halogens is 9. The molecule has 0 saturated heterocycles. The first-order valence-electron chi connectivity index (χ1n) is 4.18. The molecule has 0 aromatic heterocycles. The van der Waals surface area contributed by atoms with Crippen molar-refractivity contribution in [3.8, 4) is 0 Å². The fourth-order valence-corrected chi connectivity index (χ4v) is 1.77. The van der Waals surface area contributed by atoms with Crippen molar-refractivity contribution >= 4 is 23.2 Å². The fourth-order valence-electron chi connectivity index (χ4n) is 1.24. The van der Waals surface area contributed by atoms with Gasteiger partial charge in [0, 0.05) is 15.6 Å². The van der Waals surface area contributed by atoms with Crippen molar-refractivity contribution in [2.75, 3.05) is 0 Å². The Hall–Kier alpha value is -0.690. The second-order valence-electron chi connectivity index (χ2n) is 3.31. The summed E-state index contributed by atoms with van der Waals surface area (Å²) in [5.74, 6) is 0. The van der Waals surface area contributed by atoms with E-state index >= 15 is 0 Å². The molecule has 0 fully saturated rings. The van der Waals surface area contributed by atoms with Gasteiger partial charge >= 0.3 is 18.0 Å². The zero-order chi connectivity index (χ0) is 14.4. The fraction of sp³-hybridized carbons (Fsp3) is 0.333. The van der Waals surface area contributed by atoms with E-state index in [0.717, 1.165) is 6.07 Å². The molecule has 0 N–H and O–H groups in total. The lowest BCUT2D eigenvalue weighted by atomic mass is 9.94. The van der Waals surface area contributed by atoms with Crippen molar-refractivity contribution in [2.24, 2.45) is 0 Å². The topological polar surface area (TPSA) is 0 Å². The predicted octanol–water partition coefficient (Wildman–Crippen LogP) is 5.28. The molecule has 0 saturated carbocycles. The molecular weight excluding hydrogens is 312 g/mol. The zero-order valence-corrected chi connectivity index (χ0v) is 9.65. The van der Waals surface area contributed by atoms with E-state index in [4.69, 9.17) is 23.2 Å². The van der Waals surface area contributed by atoms with Crippen LogP contribution in [0.1, 0.15) is 5.56 Å². The SMILES string of the molecule is FC(F)(F)C(F)(c1cc(Cl)cc(Cl)c1)C(F)(F)F. The summed E-state index contributed by atoms with van der Waals surface area (Å²) in [5, 5.41) is -1.07. The average molecular weight is 315 g/mol. The molecule has 9 heteroatoms. The third-order valence-corrected chi connectivity index (χ3v) is 2.48. The standard InChI is InChI=1S/C9H3Cl2F7/c10-5-1-4(2-6(11)3-5)7(12,8(13,14)15)9(16,17)18/h1-3H. The third-order valence-electron chi connectivity index (χ3n) is 2.04. The van der Waals surface area contributed by atoms with Crippen LogP contribution in [-0.2, 0) is 5.67 Å². The molecule has 0 atom stereocenters. The second kappa shape index (κ2) is 4.45. The summed E-state index contributed by atoms with van der Waals surface area (Å²) in [4.78, 5) is 0. The molecule has 0 radical (unpaired) electrons. The second-order valence-corrected chi connectivity index (χ2v) is 4.18. The van der Waals surface area contributed by atoms with Gasteiger partial charge in [0.15, 0.2) is 0 Å². The lowest BCUT2D eigenvalue weighted by molar-refractivity contribution is -0.348. The largest absolute Gasteiger partial charge is 0.435 e. The molecule has 0 heterocycles. The molecule has 0 aliphatic rings. The molecule has 0 bridgehead atoms. The Bertz CT molecular complexity index is 415. The van der Waals surface area contributed by atoms with Crippen LogP contribution < -0.4 is 0 Å². The highest BCUT2D eigenvalue weighted by atomic mass is 35.5. The molecule has 102 valence electrons. The van der Waals surface area contributed by atoms with E-state index in [2.05, 4.69) is 0 Å². The van der Waals surface area contributed by atoms with Gasteiger partial charge < -0.3 is 0 Å². The van der Waals surface area contributed by atoms with Gasteiger partial charge in [-0.2, -0.15) is 26.3 Å². The van der Waals surface area contributed by atoms with Crippen molar-refractivity contribution < 1.29 is 30.7 Å². The van der Waals surface area contributed by atoms with Crippen molar-refractivity contribution in [3.05, 3.63) is 33.8 Å². The molecule has 0 aliphatic carbocycles. The molecule has 18 heavy (non-hydrogen) atoms. The summed E-state index contributed by atoms with van der Waals surface area (Å²) < 4.78 is 87.7. The number of hydrogen-bond donors (Lipinski definition) is 0. The molecule has 0 spiro atoms. The smallest absolute Gasteiger partial charge is 0.218 e. The number of hydrogen-bond acceptors (Lipinski definition) is 0. The van der Waals surface area contributed by atoms with Crippen molar-refractivity contribution in [1.29, 1.82) is 0 Å². The third kappa shape index (κ3) is 2.51. The highest BCUT2D eigenvalue weighted by Gasteiger charge is 2.73. The van der Waals surface area contributed by atoms with E-state index in [1.807, 2.05) is 0 Å². The number of rotatable bonds is 1. The van der Waals surface area contributed by atoms with Crippen molar-refractivity contribution in [2.45, 2.75) is 18.0 Å². The van der Waals surface area contributed by atoms with E-state index in [9.17, 15) is 30.7 Å². The van der Waals surface area contributed by atoms with Crippen LogP contribution >= 0.6 is 23.2 Å². The highest BCUT2D eigenvalue weighted by molar-refractivity contribution is 6.34. The minimum atomic E-state index is -6.18. The van der Waals surface area contributed by atoms with E-state index < -0.39 is 33.6 Å². The summed E-state index contributed by atoms with van der Waals surface area (Å²) in [6.45, 7) is 0. The number of benzene rings is 1. The Kier molecular flexibility index (Phi) is 3.80. The van der Waals surface area contributed by atoms with Crippen LogP contribution in [0.4, 0.5) is 30.7 Å². The maximum Gasteiger partial charge on any atom is 0.435 e. The Morgan fingerprint density at radius 3 is 1.28 bits per heavy atom. The first kappa shape index (κ1) is 15.4. The molecular formula is C9H3Cl2F7. The van der Waals surface area contributed by atoms with Crippen LogP contribution in [0.25, 0.3) is 0 Å². The molecule has 0 amide bonds. The van der Waals surface area contributed by atoms with Gasteiger partial charge in [0.05, 0.1) is 0 Å². The van der Waals surface area contributed by atoms with E-state index in [1.165, 1.54) is 0 Å². The summed E-state index contributed by atoms with van der Waals surface area (Å²) in [6.07, 6.45) is -12.4. The van der Waals surface area contributed by atoms with Gasteiger partial charge in [-0.1, -0.05) is 23.2 Å². The summed E-state index contributed by atoms with van der Waals surface area (Å²) in [7, 11) is 0.